The molecule has 1 aromatic heterocycles. The van der Waals surface area contributed by atoms with Gasteiger partial charge in [0, 0.05) is 16.5 Å². The number of carbonyl (C=O) groups is 1. The van der Waals surface area contributed by atoms with Gasteiger partial charge in [0.05, 0.1) is 12.6 Å². The fourth-order valence-electron chi connectivity index (χ4n) is 2.69. The average Bonchev–Trinajstić information content (AvgIpc) is 3.04. The van der Waals surface area contributed by atoms with Crippen molar-refractivity contribution >= 4 is 28.5 Å². The Bertz CT molecular complexity index is 825. The second-order valence-corrected chi connectivity index (χ2v) is 6.57. The van der Waals surface area contributed by atoms with Gasteiger partial charge < -0.3 is 15.1 Å². The van der Waals surface area contributed by atoms with Crippen LogP contribution in [0.4, 0.5) is 0 Å². The highest BCUT2D eigenvalue weighted by Crippen LogP contribution is 2.23. The van der Waals surface area contributed by atoms with Gasteiger partial charge >= 0.3 is 0 Å². The van der Waals surface area contributed by atoms with Crippen LogP contribution in [-0.4, -0.2) is 12.5 Å². The number of fused-ring (bicyclic) bond motifs is 1. The van der Waals surface area contributed by atoms with Crippen molar-refractivity contribution in [1.82, 2.24) is 10.6 Å². The van der Waals surface area contributed by atoms with E-state index in [1.165, 1.54) is 0 Å². The van der Waals surface area contributed by atoms with Gasteiger partial charge in [-0.25, -0.2) is 0 Å². The van der Waals surface area contributed by atoms with E-state index in [9.17, 15) is 4.79 Å². The van der Waals surface area contributed by atoms with E-state index in [2.05, 4.69) is 10.6 Å². The molecule has 0 radical (unpaired) electrons. The summed E-state index contributed by atoms with van der Waals surface area (Å²) in [5.74, 6) is 0.675. The third-order valence-electron chi connectivity index (χ3n) is 4.19. The standard InChI is InChI=1S/C20H21ClN2O2/c1-13(15-7-9-17(21)10-8-15)22-12-20(24)23-14(2)19-11-16-5-3-4-6-18(16)25-19/h3-11,13-14,22H,12H2,1-2H3,(H,23,24)/t13-,14-/m1/s1. The quantitative estimate of drug-likeness (QED) is 0.677. The van der Waals surface area contributed by atoms with Crippen molar-refractivity contribution in [2.24, 2.45) is 0 Å². The molecule has 1 amide bonds. The van der Waals surface area contributed by atoms with E-state index < -0.39 is 0 Å². The summed E-state index contributed by atoms with van der Waals surface area (Å²) in [5.41, 5.74) is 1.91. The Hall–Kier alpha value is -2.30. The van der Waals surface area contributed by atoms with Crippen LogP contribution in [0.15, 0.2) is 59.0 Å². The third-order valence-corrected chi connectivity index (χ3v) is 4.44. The van der Waals surface area contributed by atoms with Crippen LogP contribution >= 0.6 is 11.6 Å². The van der Waals surface area contributed by atoms with Crippen LogP contribution in [0.3, 0.4) is 0 Å². The smallest absolute Gasteiger partial charge is 0.234 e. The molecule has 3 aromatic rings. The summed E-state index contributed by atoms with van der Waals surface area (Å²) in [6.07, 6.45) is 0. The lowest BCUT2D eigenvalue weighted by atomic mass is 10.1. The summed E-state index contributed by atoms with van der Waals surface area (Å²) in [6.45, 7) is 4.16. The van der Waals surface area contributed by atoms with Gasteiger partial charge in [-0.3, -0.25) is 4.79 Å². The lowest BCUT2D eigenvalue weighted by Gasteiger charge is -2.16. The minimum atomic E-state index is -0.187. The number of rotatable bonds is 6. The highest BCUT2D eigenvalue weighted by atomic mass is 35.5. The molecule has 2 atom stereocenters. The van der Waals surface area contributed by atoms with E-state index in [1.54, 1.807) is 0 Å². The van der Waals surface area contributed by atoms with Gasteiger partial charge in [-0.05, 0) is 43.7 Å². The van der Waals surface area contributed by atoms with Crippen LogP contribution in [0, 0.1) is 0 Å². The molecule has 25 heavy (non-hydrogen) atoms. The highest BCUT2D eigenvalue weighted by Gasteiger charge is 2.15. The minimum absolute atomic E-state index is 0.0597. The minimum Gasteiger partial charge on any atom is -0.459 e. The largest absolute Gasteiger partial charge is 0.459 e. The Balaban J connectivity index is 1.53. The molecule has 0 aliphatic heterocycles. The van der Waals surface area contributed by atoms with Crippen LogP contribution in [0.2, 0.25) is 5.02 Å². The maximum Gasteiger partial charge on any atom is 0.234 e. The zero-order valence-electron chi connectivity index (χ0n) is 14.3. The molecule has 4 nitrogen and oxygen atoms in total. The van der Waals surface area contributed by atoms with Crippen molar-refractivity contribution in [1.29, 1.82) is 0 Å². The molecular weight excluding hydrogens is 336 g/mol. The van der Waals surface area contributed by atoms with Crippen LogP contribution in [0.5, 0.6) is 0 Å². The topological polar surface area (TPSA) is 54.3 Å². The molecule has 0 saturated carbocycles. The number of halogens is 1. The summed E-state index contributed by atoms with van der Waals surface area (Å²) >= 11 is 5.90. The van der Waals surface area contributed by atoms with E-state index in [0.29, 0.717) is 5.02 Å². The maximum atomic E-state index is 12.2. The molecule has 0 saturated heterocycles. The monoisotopic (exact) mass is 356 g/mol. The van der Waals surface area contributed by atoms with Gasteiger partial charge in [0.2, 0.25) is 5.91 Å². The molecule has 3 rings (SSSR count). The molecule has 2 aromatic carbocycles. The number of nitrogens with one attached hydrogen (secondary N) is 2. The zero-order valence-corrected chi connectivity index (χ0v) is 15.0. The SMILES string of the molecule is C[C@@H](NCC(=O)N[C@H](C)c1cc2ccccc2o1)c1ccc(Cl)cc1. The average molecular weight is 357 g/mol. The van der Waals surface area contributed by atoms with Gasteiger partial charge in [-0.1, -0.05) is 41.9 Å². The lowest BCUT2D eigenvalue weighted by molar-refractivity contribution is -0.121. The number of furan rings is 1. The normalized spacial score (nSPS) is 13.6. The lowest BCUT2D eigenvalue weighted by Crippen LogP contribution is -2.36. The summed E-state index contributed by atoms with van der Waals surface area (Å²) in [4.78, 5) is 12.2. The first kappa shape index (κ1) is 17.5. The van der Waals surface area contributed by atoms with E-state index >= 15 is 0 Å². The molecule has 130 valence electrons. The van der Waals surface area contributed by atoms with Crippen LogP contribution in [0.1, 0.15) is 37.3 Å². The molecule has 0 fully saturated rings. The number of benzene rings is 2. The fraction of sp³-hybridized carbons (Fsp3) is 0.250. The highest BCUT2D eigenvalue weighted by molar-refractivity contribution is 6.30. The molecule has 0 unspecified atom stereocenters. The second kappa shape index (κ2) is 7.72. The van der Waals surface area contributed by atoms with Crippen molar-refractivity contribution in [3.63, 3.8) is 0 Å². The first-order valence-electron chi connectivity index (χ1n) is 8.29. The Morgan fingerprint density at radius 1 is 1.08 bits per heavy atom. The Morgan fingerprint density at radius 2 is 1.80 bits per heavy atom. The van der Waals surface area contributed by atoms with Crippen LogP contribution in [0.25, 0.3) is 11.0 Å². The number of hydrogen-bond donors (Lipinski definition) is 2. The van der Waals surface area contributed by atoms with Gasteiger partial charge in [0.1, 0.15) is 11.3 Å². The van der Waals surface area contributed by atoms with Crippen molar-refractivity contribution < 1.29 is 9.21 Å². The fourth-order valence-corrected chi connectivity index (χ4v) is 2.82. The number of hydrogen-bond acceptors (Lipinski definition) is 3. The van der Waals surface area contributed by atoms with Crippen molar-refractivity contribution in [2.75, 3.05) is 6.54 Å². The van der Waals surface area contributed by atoms with Crippen molar-refractivity contribution in [3.8, 4) is 0 Å². The van der Waals surface area contributed by atoms with Gasteiger partial charge in [0.25, 0.3) is 0 Å². The van der Waals surface area contributed by atoms with E-state index in [-0.39, 0.29) is 24.5 Å². The first-order valence-corrected chi connectivity index (χ1v) is 8.67. The van der Waals surface area contributed by atoms with E-state index in [4.69, 9.17) is 16.0 Å². The maximum absolute atomic E-state index is 12.2. The summed E-state index contributed by atoms with van der Waals surface area (Å²) in [5, 5.41) is 7.91. The Morgan fingerprint density at radius 3 is 2.52 bits per heavy atom. The van der Waals surface area contributed by atoms with Crippen LogP contribution in [-0.2, 0) is 4.79 Å². The molecule has 0 aliphatic rings. The number of para-hydroxylation sites is 1. The molecular formula is C20H21ClN2O2. The van der Waals surface area contributed by atoms with E-state index in [0.717, 1.165) is 22.3 Å². The van der Waals surface area contributed by atoms with Crippen LogP contribution < -0.4 is 10.6 Å². The Labute approximate surface area is 152 Å². The summed E-state index contributed by atoms with van der Waals surface area (Å²) < 4.78 is 5.79. The second-order valence-electron chi connectivity index (χ2n) is 6.13. The number of carbonyl (C=O) groups excluding carboxylic acids is 1. The molecule has 5 heteroatoms. The predicted octanol–water partition coefficient (Wildman–Crippen LogP) is 4.61. The zero-order chi connectivity index (χ0) is 17.8. The molecule has 0 bridgehead atoms. The number of amides is 1. The van der Waals surface area contributed by atoms with E-state index in [1.807, 2.05) is 68.4 Å². The van der Waals surface area contributed by atoms with Gasteiger partial charge in [-0.2, -0.15) is 0 Å². The summed E-state index contributed by atoms with van der Waals surface area (Å²) in [6, 6.07) is 17.2. The first-order chi connectivity index (χ1) is 12.0. The summed E-state index contributed by atoms with van der Waals surface area (Å²) in [7, 11) is 0. The predicted molar refractivity (Wildman–Crippen MR) is 101 cm³/mol. The van der Waals surface area contributed by atoms with Crippen molar-refractivity contribution in [3.05, 3.63) is 70.9 Å². The molecule has 0 aliphatic carbocycles. The third kappa shape index (κ3) is 4.41. The van der Waals surface area contributed by atoms with Gasteiger partial charge in [-0.15, -0.1) is 0 Å². The molecule has 0 spiro atoms. The molecule has 2 N–H and O–H groups in total. The van der Waals surface area contributed by atoms with Crippen molar-refractivity contribution in [2.45, 2.75) is 25.9 Å². The van der Waals surface area contributed by atoms with Gasteiger partial charge in [0.15, 0.2) is 0 Å². The Kier molecular flexibility index (Phi) is 5.41. The molecule has 1 heterocycles.